The molecule has 0 aliphatic carbocycles. The van der Waals surface area contributed by atoms with Gasteiger partial charge in [-0.2, -0.15) is 0 Å². The van der Waals surface area contributed by atoms with Crippen LogP contribution in [0.2, 0.25) is 5.02 Å². The van der Waals surface area contributed by atoms with Gasteiger partial charge in [0.05, 0.1) is 24.9 Å². The van der Waals surface area contributed by atoms with Gasteiger partial charge >= 0.3 is 0 Å². The number of ether oxygens (including phenoxy) is 2. The van der Waals surface area contributed by atoms with Crippen molar-refractivity contribution in [2.45, 2.75) is 12.8 Å². The van der Waals surface area contributed by atoms with Crippen molar-refractivity contribution >= 4 is 29.1 Å². The van der Waals surface area contributed by atoms with Crippen LogP contribution < -0.4 is 20.1 Å². The maximum absolute atomic E-state index is 12.1. The first-order valence-corrected chi connectivity index (χ1v) is 8.47. The number of carbonyl (C=O) groups excluding carboxylic acids is 2. The average Bonchev–Trinajstić information content (AvgIpc) is 2.66. The fourth-order valence-electron chi connectivity index (χ4n) is 2.31. The summed E-state index contributed by atoms with van der Waals surface area (Å²) >= 11 is 6.04. The highest BCUT2D eigenvalue weighted by Crippen LogP contribution is 2.35. The number of rotatable bonds is 8. The second-order valence-electron chi connectivity index (χ2n) is 5.46. The number of carbonyl (C=O) groups is 2. The summed E-state index contributed by atoms with van der Waals surface area (Å²) in [5.41, 5.74) is 1.07. The second kappa shape index (κ2) is 9.68. The molecule has 2 aromatic rings. The van der Waals surface area contributed by atoms with Crippen LogP contribution >= 0.6 is 11.6 Å². The molecule has 26 heavy (non-hydrogen) atoms. The van der Waals surface area contributed by atoms with E-state index in [1.807, 2.05) is 6.07 Å². The molecule has 0 radical (unpaired) electrons. The zero-order chi connectivity index (χ0) is 18.9. The third-order valence-electron chi connectivity index (χ3n) is 3.65. The van der Waals surface area contributed by atoms with Crippen molar-refractivity contribution in [3.63, 3.8) is 0 Å². The molecule has 0 saturated carbocycles. The third-order valence-corrected chi connectivity index (χ3v) is 3.95. The molecule has 0 aliphatic rings. The van der Waals surface area contributed by atoms with Crippen LogP contribution in [0.25, 0.3) is 0 Å². The number of halogens is 1. The molecule has 0 heterocycles. The van der Waals surface area contributed by atoms with Crippen LogP contribution in [-0.4, -0.2) is 32.6 Å². The largest absolute Gasteiger partial charge is 0.495 e. The van der Waals surface area contributed by atoms with Gasteiger partial charge in [0.1, 0.15) is 11.5 Å². The third kappa shape index (κ3) is 5.39. The van der Waals surface area contributed by atoms with Gasteiger partial charge in [0, 0.05) is 30.7 Å². The number of anilines is 1. The molecule has 0 unspecified atom stereocenters. The van der Waals surface area contributed by atoms with E-state index in [-0.39, 0.29) is 18.2 Å². The highest BCUT2D eigenvalue weighted by atomic mass is 35.5. The van der Waals surface area contributed by atoms with E-state index in [4.69, 9.17) is 21.1 Å². The molecule has 2 N–H and O–H groups in total. The first-order valence-electron chi connectivity index (χ1n) is 8.09. The molecule has 0 fully saturated rings. The minimum atomic E-state index is -0.193. The maximum Gasteiger partial charge on any atom is 0.251 e. The van der Waals surface area contributed by atoms with E-state index in [1.54, 1.807) is 36.4 Å². The molecular formula is C19H21ClN2O4. The van der Waals surface area contributed by atoms with Crippen molar-refractivity contribution in [3.05, 3.63) is 53.1 Å². The molecule has 2 aromatic carbocycles. The quantitative estimate of drug-likeness (QED) is 0.691. The van der Waals surface area contributed by atoms with Crippen LogP contribution in [0.4, 0.5) is 5.69 Å². The highest BCUT2D eigenvalue weighted by Gasteiger charge is 2.12. The number of benzene rings is 2. The van der Waals surface area contributed by atoms with Crippen molar-refractivity contribution < 1.29 is 19.1 Å². The van der Waals surface area contributed by atoms with E-state index in [9.17, 15) is 9.59 Å². The summed E-state index contributed by atoms with van der Waals surface area (Å²) in [4.78, 5) is 24.0. The topological polar surface area (TPSA) is 76.7 Å². The Balaban J connectivity index is 1.83. The summed E-state index contributed by atoms with van der Waals surface area (Å²) in [5.74, 6) is 0.538. The Morgan fingerprint density at radius 3 is 2.38 bits per heavy atom. The highest BCUT2D eigenvalue weighted by molar-refractivity contribution is 6.32. The molecule has 6 nitrogen and oxygen atoms in total. The van der Waals surface area contributed by atoms with E-state index >= 15 is 0 Å². The molecule has 2 amide bonds. The summed E-state index contributed by atoms with van der Waals surface area (Å²) in [7, 11) is 2.99. The minimum absolute atomic E-state index is 0.157. The smallest absolute Gasteiger partial charge is 0.251 e. The van der Waals surface area contributed by atoms with Crippen molar-refractivity contribution in [2.75, 3.05) is 26.1 Å². The second-order valence-corrected chi connectivity index (χ2v) is 5.87. The Bertz CT molecular complexity index is 766. The lowest BCUT2D eigenvalue weighted by Crippen LogP contribution is -2.25. The van der Waals surface area contributed by atoms with Gasteiger partial charge in [-0.25, -0.2) is 0 Å². The van der Waals surface area contributed by atoms with E-state index < -0.39 is 0 Å². The fraction of sp³-hybridized carbons (Fsp3) is 0.263. The SMILES string of the molecule is COc1cc(NC(=O)CCCNC(=O)c2ccccc2)c(OC)cc1Cl. The summed E-state index contributed by atoms with van der Waals surface area (Å²) in [5, 5.41) is 5.95. The van der Waals surface area contributed by atoms with Crippen LogP contribution in [0.3, 0.4) is 0 Å². The molecule has 0 spiro atoms. The summed E-state index contributed by atoms with van der Waals surface area (Å²) in [6.45, 7) is 0.405. The minimum Gasteiger partial charge on any atom is -0.495 e. The average molecular weight is 377 g/mol. The number of hydrogen-bond acceptors (Lipinski definition) is 4. The summed E-state index contributed by atoms with van der Waals surface area (Å²) in [6, 6.07) is 12.1. The van der Waals surface area contributed by atoms with Crippen LogP contribution in [0.1, 0.15) is 23.2 Å². The van der Waals surface area contributed by atoms with E-state index in [1.165, 1.54) is 14.2 Å². The fourth-order valence-corrected chi connectivity index (χ4v) is 2.54. The van der Waals surface area contributed by atoms with E-state index in [2.05, 4.69) is 10.6 Å². The molecule has 0 aromatic heterocycles. The summed E-state index contributed by atoms with van der Waals surface area (Å²) < 4.78 is 10.4. The van der Waals surface area contributed by atoms with Crippen LogP contribution in [0.15, 0.2) is 42.5 Å². The van der Waals surface area contributed by atoms with Crippen molar-refractivity contribution in [1.82, 2.24) is 5.32 Å². The Hall–Kier alpha value is -2.73. The van der Waals surface area contributed by atoms with Gasteiger partial charge < -0.3 is 20.1 Å². The number of amides is 2. The van der Waals surface area contributed by atoms with Gasteiger partial charge in [0.25, 0.3) is 5.91 Å². The van der Waals surface area contributed by atoms with Gasteiger partial charge in [0.2, 0.25) is 5.91 Å². The number of nitrogens with one attached hydrogen (secondary N) is 2. The van der Waals surface area contributed by atoms with Gasteiger partial charge in [-0.1, -0.05) is 29.8 Å². The predicted octanol–water partition coefficient (Wildman–Crippen LogP) is 3.51. The van der Waals surface area contributed by atoms with Crippen LogP contribution in [-0.2, 0) is 4.79 Å². The molecule has 0 atom stereocenters. The van der Waals surface area contributed by atoms with Crippen molar-refractivity contribution in [3.8, 4) is 11.5 Å². The molecule has 138 valence electrons. The molecule has 2 rings (SSSR count). The molecule has 0 saturated heterocycles. The molecule has 0 bridgehead atoms. The Morgan fingerprint density at radius 2 is 1.73 bits per heavy atom. The molecule has 7 heteroatoms. The summed E-state index contributed by atoms with van der Waals surface area (Å²) in [6.07, 6.45) is 0.764. The van der Waals surface area contributed by atoms with E-state index in [0.717, 1.165) is 0 Å². The number of methoxy groups -OCH3 is 2. The van der Waals surface area contributed by atoms with Gasteiger partial charge in [-0.3, -0.25) is 9.59 Å². The Kier molecular flexibility index (Phi) is 7.29. The standard InChI is InChI=1S/C19H21ClN2O4/c1-25-16-12-15(17(26-2)11-14(16)20)22-18(23)9-6-10-21-19(24)13-7-4-3-5-8-13/h3-5,7-8,11-12H,6,9-10H2,1-2H3,(H,21,24)(H,22,23). The molecule has 0 aliphatic heterocycles. The molecular weight excluding hydrogens is 356 g/mol. The Morgan fingerprint density at radius 1 is 1.04 bits per heavy atom. The lowest BCUT2D eigenvalue weighted by atomic mass is 10.2. The van der Waals surface area contributed by atoms with Gasteiger partial charge in [0.15, 0.2) is 0 Å². The van der Waals surface area contributed by atoms with Gasteiger partial charge in [-0.05, 0) is 18.6 Å². The van der Waals surface area contributed by atoms with Crippen LogP contribution in [0.5, 0.6) is 11.5 Å². The lowest BCUT2D eigenvalue weighted by Gasteiger charge is -2.13. The zero-order valence-electron chi connectivity index (χ0n) is 14.7. The van der Waals surface area contributed by atoms with Gasteiger partial charge in [-0.15, -0.1) is 0 Å². The number of hydrogen-bond donors (Lipinski definition) is 2. The van der Waals surface area contributed by atoms with E-state index in [0.29, 0.717) is 40.7 Å². The normalized spacial score (nSPS) is 10.1. The predicted molar refractivity (Wildman–Crippen MR) is 101 cm³/mol. The van der Waals surface area contributed by atoms with Crippen molar-refractivity contribution in [1.29, 1.82) is 0 Å². The first kappa shape index (κ1) is 19.6. The zero-order valence-corrected chi connectivity index (χ0v) is 15.4. The first-order chi connectivity index (χ1) is 12.5. The Labute approximate surface area is 157 Å². The maximum atomic E-state index is 12.1. The van der Waals surface area contributed by atoms with Crippen molar-refractivity contribution in [2.24, 2.45) is 0 Å². The van der Waals surface area contributed by atoms with Crippen LogP contribution in [0, 0.1) is 0 Å². The monoisotopic (exact) mass is 376 g/mol. The lowest BCUT2D eigenvalue weighted by molar-refractivity contribution is -0.116.